The van der Waals surface area contributed by atoms with E-state index >= 15 is 0 Å². The maximum atomic E-state index is 12.5. The van der Waals surface area contributed by atoms with Gasteiger partial charge in [-0.1, -0.05) is 35.9 Å². The third kappa shape index (κ3) is 3.09. The molecular weight excluding hydrogens is 296 g/mol. The van der Waals surface area contributed by atoms with E-state index in [1.54, 1.807) is 0 Å². The monoisotopic (exact) mass is 314 g/mol. The van der Waals surface area contributed by atoms with Crippen LogP contribution in [0.15, 0.2) is 42.5 Å². The Morgan fingerprint density at radius 3 is 2.91 bits per heavy atom. The summed E-state index contributed by atoms with van der Waals surface area (Å²) in [6.07, 6.45) is 2.06. The van der Waals surface area contributed by atoms with Crippen molar-refractivity contribution < 1.29 is 4.79 Å². The third-order valence-corrected chi connectivity index (χ3v) is 4.43. The molecule has 0 aliphatic carbocycles. The van der Waals surface area contributed by atoms with E-state index in [0.717, 1.165) is 36.3 Å². The molecule has 0 fully saturated rings. The number of anilines is 2. The van der Waals surface area contributed by atoms with Crippen LogP contribution in [0.4, 0.5) is 11.4 Å². The van der Waals surface area contributed by atoms with E-state index in [1.807, 2.05) is 48.2 Å². The Hall–Kier alpha value is -2.00. The summed E-state index contributed by atoms with van der Waals surface area (Å²) in [5, 5.41) is 3.87. The van der Waals surface area contributed by atoms with Crippen LogP contribution in [0.3, 0.4) is 0 Å². The van der Waals surface area contributed by atoms with Crippen LogP contribution in [-0.2, 0) is 11.2 Å². The lowest BCUT2D eigenvalue weighted by molar-refractivity contribution is -0.117. The van der Waals surface area contributed by atoms with E-state index in [9.17, 15) is 4.79 Å². The predicted octanol–water partition coefficient (Wildman–Crippen LogP) is 4.04. The Bertz CT molecular complexity index is 699. The summed E-state index contributed by atoms with van der Waals surface area (Å²) >= 11 is 6.11. The first-order chi connectivity index (χ1) is 10.6. The smallest absolute Gasteiger partial charge is 0.246 e. The van der Waals surface area contributed by atoms with Crippen LogP contribution in [-0.4, -0.2) is 19.0 Å². The number of hydrogen-bond acceptors (Lipinski definition) is 2. The fraction of sp³-hybridized carbons (Fsp3) is 0.278. The molecule has 0 unspecified atom stereocenters. The maximum absolute atomic E-state index is 12.5. The molecule has 1 aliphatic rings. The normalized spacial score (nSPS) is 13.6. The Kier molecular flexibility index (Phi) is 4.34. The number of carbonyl (C=O) groups excluding carboxylic acids is 1. The molecule has 114 valence electrons. The average molecular weight is 315 g/mol. The van der Waals surface area contributed by atoms with Gasteiger partial charge in [-0.15, -0.1) is 0 Å². The van der Waals surface area contributed by atoms with Gasteiger partial charge >= 0.3 is 0 Å². The molecule has 4 heteroatoms. The maximum Gasteiger partial charge on any atom is 0.246 e. The SMILES string of the molecule is Cc1ccc(NCC(=O)N2CCCc3ccccc32)cc1Cl. The number of nitrogens with one attached hydrogen (secondary N) is 1. The number of aryl methyl sites for hydroxylation is 2. The van der Waals surface area contributed by atoms with Gasteiger partial charge in [0, 0.05) is 22.9 Å². The third-order valence-electron chi connectivity index (χ3n) is 4.03. The van der Waals surface area contributed by atoms with Crippen molar-refractivity contribution in [2.75, 3.05) is 23.3 Å². The fourth-order valence-corrected chi connectivity index (χ4v) is 2.95. The lowest BCUT2D eigenvalue weighted by Gasteiger charge is -2.29. The van der Waals surface area contributed by atoms with E-state index in [2.05, 4.69) is 11.4 Å². The van der Waals surface area contributed by atoms with E-state index in [4.69, 9.17) is 11.6 Å². The van der Waals surface area contributed by atoms with Crippen LogP contribution in [0, 0.1) is 6.92 Å². The standard InChI is InChI=1S/C18H19ClN2O/c1-13-8-9-15(11-16(13)19)20-12-18(22)21-10-4-6-14-5-2-3-7-17(14)21/h2-3,5,7-9,11,20H,4,6,10,12H2,1H3. The van der Waals surface area contributed by atoms with Crippen LogP contribution in [0.25, 0.3) is 0 Å². The van der Waals surface area contributed by atoms with Crippen molar-refractivity contribution in [3.05, 3.63) is 58.6 Å². The molecule has 22 heavy (non-hydrogen) atoms. The highest BCUT2D eigenvalue weighted by atomic mass is 35.5. The molecule has 0 saturated heterocycles. The van der Waals surface area contributed by atoms with Crippen molar-refractivity contribution >= 4 is 28.9 Å². The molecule has 2 aromatic rings. The molecule has 3 rings (SSSR count). The molecule has 1 amide bonds. The van der Waals surface area contributed by atoms with Crippen LogP contribution >= 0.6 is 11.6 Å². The number of para-hydroxylation sites is 1. The molecule has 0 atom stereocenters. The zero-order chi connectivity index (χ0) is 15.5. The molecule has 0 spiro atoms. The number of hydrogen-bond donors (Lipinski definition) is 1. The minimum Gasteiger partial charge on any atom is -0.376 e. The van der Waals surface area contributed by atoms with Crippen molar-refractivity contribution in [1.82, 2.24) is 0 Å². The Morgan fingerprint density at radius 1 is 1.27 bits per heavy atom. The summed E-state index contributed by atoms with van der Waals surface area (Å²) in [6, 6.07) is 13.9. The van der Waals surface area contributed by atoms with Gasteiger partial charge in [0.05, 0.1) is 6.54 Å². The van der Waals surface area contributed by atoms with Crippen molar-refractivity contribution in [2.45, 2.75) is 19.8 Å². The second-order valence-corrected chi connectivity index (χ2v) is 6.00. The number of carbonyl (C=O) groups is 1. The lowest BCUT2D eigenvalue weighted by Crippen LogP contribution is -2.39. The van der Waals surface area contributed by atoms with Gasteiger partial charge in [-0.05, 0) is 49.1 Å². The zero-order valence-electron chi connectivity index (χ0n) is 12.6. The molecule has 1 N–H and O–H groups in total. The van der Waals surface area contributed by atoms with E-state index < -0.39 is 0 Å². The van der Waals surface area contributed by atoms with Gasteiger partial charge in [-0.25, -0.2) is 0 Å². The number of halogens is 1. The molecule has 0 bridgehead atoms. The van der Waals surface area contributed by atoms with Crippen molar-refractivity contribution in [3.8, 4) is 0 Å². The van der Waals surface area contributed by atoms with Crippen molar-refractivity contribution in [3.63, 3.8) is 0 Å². The molecule has 0 aromatic heterocycles. The van der Waals surface area contributed by atoms with Gasteiger partial charge in [-0.3, -0.25) is 4.79 Å². The second-order valence-electron chi connectivity index (χ2n) is 5.60. The highest BCUT2D eigenvalue weighted by Gasteiger charge is 2.21. The number of amides is 1. The minimum atomic E-state index is 0.0869. The first-order valence-electron chi connectivity index (χ1n) is 7.53. The largest absolute Gasteiger partial charge is 0.376 e. The second kappa shape index (κ2) is 6.41. The van der Waals surface area contributed by atoms with Gasteiger partial charge in [0.2, 0.25) is 5.91 Å². The number of benzene rings is 2. The topological polar surface area (TPSA) is 32.3 Å². The van der Waals surface area contributed by atoms with Crippen LogP contribution in [0.1, 0.15) is 17.5 Å². The highest BCUT2D eigenvalue weighted by Crippen LogP contribution is 2.27. The Morgan fingerprint density at radius 2 is 2.09 bits per heavy atom. The van der Waals surface area contributed by atoms with Crippen molar-refractivity contribution in [1.29, 1.82) is 0 Å². The van der Waals surface area contributed by atoms with Gasteiger partial charge < -0.3 is 10.2 Å². The minimum absolute atomic E-state index is 0.0869. The quantitative estimate of drug-likeness (QED) is 0.927. The summed E-state index contributed by atoms with van der Waals surface area (Å²) in [7, 11) is 0. The zero-order valence-corrected chi connectivity index (χ0v) is 13.4. The van der Waals surface area contributed by atoms with Crippen molar-refractivity contribution in [2.24, 2.45) is 0 Å². The molecule has 1 heterocycles. The van der Waals surface area contributed by atoms with E-state index in [-0.39, 0.29) is 12.5 Å². The van der Waals surface area contributed by atoms with E-state index in [0.29, 0.717) is 5.02 Å². The first-order valence-corrected chi connectivity index (χ1v) is 7.91. The highest BCUT2D eigenvalue weighted by molar-refractivity contribution is 6.31. The summed E-state index contributed by atoms with van der Waals surface area (Å²) < 4.78 is 0. The molecule has 1 aliphatic heterocycles. The Balaban J connectivity index is 1.69. The van der Waals surface area contributed by atoms with E-state index in [1.165, 1.54) is 5.56 Å². The molecule has 2 aromatic carbocycles. The van der Waals surface area contributed by atoms with Gasteiger partial charge in [0.25, 0.3) is 0 Å². The molecular formula is C18H19ClN2O. The average Bonchev–Trinajstić information content (AvgIpc) is 2.55. The number of rotatable bonds is 3. The summed E-state index contributed by atoms with van der Waals surface area (Å²) in [6.45, 7) is 3.02. The molecule has 3 nitrogen and oxygen atoms in total. The van der Waals surface area contributed by atoms with Crippen LogP contribution < -0.4 is 10.2 Å². The van der Waals surface area contributed by atoms with Gasteiger partial charge in [0.1, 0.15) is 0 Å². The summed E-state index contributed by atoms with van der Waals surface area (Å²) in [5.74, 6) is 0.0869. The van der Waals surface area contributed by atoms with Gasteiger partial charge in [0.15, 0.2) is 0 Å². The fourth-order valence-electron chi connectivity index (χ4n) is 2.77. The van der Waals surface area contributed by atoms with Crippen LogP contribution in [0.5, 0.6) is 0 Å². The first kappa shape index (κ1) is 14.9. The Labute approximate surface area is 135 Å². The van der Waals surface area contributed by atoms with Crippen LogP contribution in [0.2, 0.25) is 5.02 Å². The number of fused-ring (bicyclic) bond motifs is 1. The van der Waals surface area contributed by atoms with Gasteiger partial charge in [-0.2, -0.15) is 0 Å². The predicted molar refractivity (Wildman–Crippen MR) is 91.8 cm³/mol. The summed E-state index contributed by atoms with van der Waals surface area (Å²) in [5.41, 5.74) is 4.20. The molecule has 0 radical (unpaired) electrons. The number of nitrogens with zero attached hydrogens (tertiary/aromatic N) is 1. The summed E-state index contributed by atoms with van der Waals surface area (Å²) in [4.78, 5) is 14.4. The lowest BCUT2D eigenvalue weighted by atomic mass is 10.0. The molecule has 0 saturated carbocycles.